The second-order valence-corrected chi connectivity index (χ2v) is 14.0. The predicted octanol–water partition coefficient (Wildman–Crippen LogP) is 7.60. The largest absolute Gasteiger partial charge is 0.442 e. The highest BCUT2D eigenvalue weighted by Gasteiger charge is 2.34. The molecule has 2 amide bonds. The lowest BCUT2D eigenvalue weighted by Crippen LogP contribution is -2.30. The topological polar surface area (TPSA) is 101 Å². The van der Waals surface area contributed by atoms with Gasteiger partial charge in [0.25, 0.3) is 5.91 Å². The highest BCUT2D eigenvalue weighted by Crippen LogP contribution is 2.35. The minimum Gasteiger partial charge on any atom is -0.442 e. The van der Waals surface area contributed by atoms with Crippen molar-refractivity contribution in [2.45, 2.75) is 63.4 Å². The van der Waals surface area contributed by atoms with E-state index in [1.165, 1.54) is 36.7 Å². The third-order valence-corrected chi connectivity index (χ3v) is 8.53. The van der Waals surface area contributed by atoms with Crippen molar-refractivity contribution in [2.75, 3.05) is 29.6 Å². The summed E-state index contributed by atoms with van der Waals surface area (Å²) in [6.45, 7) is 6.69. The number of amides is 2. The summed E-state index contributed by atoms with van der Waals surface area (Å²) in [5.74, 6) is -5.03. The molecule has 1 aliphatic rings. The SMILES string of the molecule is Cc1c(-c2cc(F)cc(F)c2)cnc(N2CCCC(F)(F)CC2)c1C(=O)Nc1cccc([S@@](C)(=O)=NC(=O)OC(C)(C)C)c1. The number of alkyl halides is 2. The van der Waals surface area contributed by atoms with Gasteiger partial charge < -0.3 is 15.0 Å². The maximum absolute atomic E-state index is 14.2. The number of anilines is 2. The molecule has 1 atom stereocenters. The molecule has 2 aromatic carbocycles. The number of hydrogen-bond acceptors (Lipinski definition) is 6. The molecule has 0 saturated carbocycles. The van der Waals surface area contributed by atoms with Crippen molar-refractivity contribution >= 4 is 33.2 Å². The van der Waals surface area contributed by atoms with Crippen molar-refractivity contribution in [1.82, 2.24) is 4.98 Å². The predicted molar refractivity (Wildman–Crippen MR) is 161 cm³/mol. The van der Waals surface area contributed by atoms with E-state index >= 15 is 0 Å². The van der Waals surface area contributed by atoms with Gasteiger partial charge in [0, 0.05) is 60.6 Å². The Morgan fingerprint density at radius 2 is 1.75 bits per heavy atom. The number of nitrogens with zero attached hydrogens (tertiary/aromatic N) is 3. The fraction of sp³-hybridized carbons (Fsp3) is 0.387. The number of hydrogen-bond donors (Lipinski definition) is 1. The van der Waals surface area contributed by atoms with E-state index in [4.69, 9.17) is 4.74 Å². The minimum absolute atomic E-state index is 0.0264. The molecule has 1 N–H and O–H groups in total. The minimum atomic E-state index is -3.27. The second kappa shape index (κ2) is 12.5. The molecule has 1 fully saturated rings. The molecule has 0 bridgehead atoms. The average molecular weight is 635 g/mol. The first-order chi connectivity index (χ1) is 20.4. The number of nitrogens with one attached hydrogen (secondary N) is 1. The number of pyridine rings is 1. The van der Waals surface area contributed by atoms with E-state index in [0.29, 0.717) is 5.56 Å². The number of aromatic nitrogens is 1. The molecule has 1 saturated heterocycles. The lowest BCUT2D eigenvalue weighted by Gasteiger charge is -2.26. The van der Waals surface area contributed by atoms with Crippen molar-refractivity contribution in [3.63, 3.8) is 0 Å². The van der Waals surface area contributed by atoms with Crippen LogP contribution in [0.2, 0.25) is 0 Å². The number of carbonyl (C=O) groups is 2. The average Bonchev–Trinajstić information content (AvgIpc) is 3.06. The van der Waals surface area contributed by atoms with Gasteiger partial charge in [-0.1, -0.05) is 6.07 Å². The number of rotatable bonds is 5. The number of halogens is 4. The van der Waals surface area contributed by atoms with Gasteiger partial charge >= 0.3 is 6.09 Å². The van der Waals surface area contributed by atoms with Crippen molar-refractivity contribution < 1.29 is 36.1 Å². The summed E-state index contributed by atoms with van der Waals surface area (Å²) in [7, 11) is -3.27. The van der Waals surface area contributed by atoms with Crippen LogP contribution in [0.1, 0.15) is 56.0 Å². The summed E-state index contributed by atoms with van der Waals surface area (Å²) in [6, 6.07) is 8.88. The van der Waals surface area contributed by atoms with Gasteiger partial charge in [-0.15, -0.1) is 4.36 Å². The molecule has 2 heterocycles. The van der Waals surface area contributed by atoms with Crippen molar-refractivity contribution in [3.8, 4) is 11.1 Å². The Hall–Kier alpha value is -4.00. The third-order valence-electron chi connectivity index (χ3n) is 6.91. The summed E-state index contributed by atoms with van der Waals surface area (Å²) in [6.07, 6.45) is 1.06. The quantitative estimate of drug-likeness (QED) is 0.290. The molecule has 8 nitrogen and oxygen atoms in total. The number of carbonyl (C=O) groups excluding carboxylic acids is 2. The molecule has 0 radical (unpaired) electrons. The molecule has 3 aromatic rings. The second-order valence-electron chi connectivity index (χ2n) is 11.7. The van der Waals surface area contributed by atoms with Crippen molar-refractivity contribution in [3.05, 3.63) is 71.4 Å². The van der Waals surface area contributed by atoms with Crippen LogP contribution in [0.15, 0.2) is 57.9 Å². The van der Waals surface area contributed by atoms with Crippen molar-refractivity contribution in [1.29, 1.82) is 0 Å². The standard InChI is InChI=1S/C31H34F4N4O4S/c1-19-25(20-14-21(32)16-22(33)15-20)18-36-27(39-12-7-10-31(34,35)11-13-39)26(19)28(40)37-23-8-6-9-24(17-23)44(5,42)38-29(41)43-30(2,3)4/h6,8-9,14-18H,7,10-13H2,1-5H3,(H,37,40)/t44-/m1/s1. The Balaban J connectivity index is 1.75. The van der Waals surface area contributed by atoms with Gasteiger partial charge in [0.2, 0.25) is 5.92 Å². The maximum atomic E-state index is 14.2. The van der Waals surface area contributed by atoms with Crippen LogP contribution in [0.4, 0.5) is 33.9 Å². The number of benzene rings is 2. The highest BCUT2D eigenvalue weighted by molar-refractivity contribution is 7.93. The van der Waals surface area contributed by atoms with Crippen LogP contribution in [0.25, 0.3) is 11.1 Å². The van der Waals surface area contributed by atoms with E-state index in [9.17, 15) is 31.4 Å². The van der Waals surface area contributed by atoms with E-state index in [0.717, 1.165) is 18.2 Å². The van der Waals surface area contributed by atoms with Crippen LogP contribution in [-0.2, 0) is 14.5 Å². The van der Waals surface area contributed by atoms with Gasteiger partial charge in [0.05, 0.1) is 15.3 Å². The summed E-state index contributed by atoms with van der Waals surface area (Å²) in [5, 5.41) is 2.73. The normalized spacial score (nSPS) is 16.4. The maximum Gasteiger partial charge on any atom is 0.442 e. The van der Waals surface area contributed by atoms with Crippen LogP contribution < -0.4 is 10.2 Å². The summed E-state index contributed by atoms with van der Waals surface area (Å²) >= 11 is 0. The highest BCUT2D eigenvalue weighted by atomic mass is 32.2. The van der Waals surface area contributed by atoms with Gasteiger partial charge in [-0.2, -0.15) is 0 Å². The zero-order valence-corrected chi connectivity index (χ0v) is 25.9. The summed E-state index contributed by atoms with van der Waals surface area (Å²) in [4.78, 5) is 32.3. The lowest BCUT2D eigenvalue weighted by atomic mass is 9.97. The molecule has 236 valence electrons. The summed E-state index contributed by atoms with van der Waals surface area (Å²) in [5.41, 5.74) is 0.134. The van der Waals surface area contributed by atoms with E-state index in [2.05, 4.69) is 14.7 Å². The van der Waals surface area contributed by atoms with Crippen LogP contribution in [0.5, 0.6) is 0 Å². The van der Waals surface area contributed by atoms with Crippen LogP contribution in [0, 0.1) is 18.6 Å². The van der Waals surface area contributed by atoms with E-state index in [1.807, 2.05) is 0 Å². The Labute approximate surface area is 254 Å². The fourth-order valence-corrected chi connectivity index (χ4v) is 5.96. The zero-order chi connectivity index (χ0) is 32.4. The first-order valence-corrected chi connectivity index (χ1v) is 15.8. The Morgan fingerprint density at radius 1 is 1.07 bits per heavy atom. The monoisotopic (exact) mass is 634 g/mol. The Bertz CT molecular complexity index is 1690. The Kier molecular flexibility index (Phi) is 9.38. The van der Waals surface area contributed by atoms with Gasteiger partial charge in [-0.25, -0.2) is 31.5 Å². The molecule has 0 spiro atoms. The van der Waals surface area contributed by atoms with Crippen molar-refractivity contribution in [2.24, 2.45) is 4.36 Å². The molecule has 4 rings (SSSR count). The molecule has 1 aliphatic heterocycles. The van der Waals surface area contributed by atoms with Crippen LogP contribution in [-0.4, -0.2) is 52.1 Å². The van der Waals surface area contributed by atoms with Gasteiger partial charge in [-0.05, 0) is 75.6 Å². The third kappa shape index (κ3) is 8.13. The molecule has 1 aromatic heterocycles. The lowest BCUT2D eigenvalue weighted by molar-refractivity contribution is -0.0102. The van der Waals surface area contributed by atoms with Gasteiger partial charge in [0.15, 0.2) is 0 Å². The van der Waals surface area contributed by atoms with Crippen LogP contribution >= 0.6 is 0 Å². The first-order valence-electron chi connectivity index (χ1n) is 13.9. The first kappa shape index (κ1) is 32.9. The van der Waals surface area contributed by atoms with E-state index in [1.54, 1.807) is 32.6 Å². The molecule has 0 unspecified atom stereocenters. The molecule has 13 heteroatoms. The smallest absolute Gasteiger partial charge is 0.442 e. The number of ether oxygens (including phenoxy) is 1. The molecular formula is C31H34F4N4O4S. The van der Waals surface area contributed by atoms with Gasteiger partial charge in [-0.3, -0.25) is 4.79 Å². The molecule has 0 aliphatic carbocycles. The van der Waals surface area contributed by atoms with E-state index in [-0.39, 0.29) is 59.0 Å². The van der Waals surface area contributed by atoms with E-state index < -0.39 is 51.3 Å². The zero-order valence-electron chi connectivity index (χ0n) is 25.0. The van der Waals surface area contributed by atoms with Gasteiger partial charge in [0.1, 0.15) is 23.1 Å². The Morgan fingerprint density at radius 3 is 2.41 bits per heavy atom. The van der Waals surface area contributed by atoms with Crippen LogP contribution in [0.3, 0.4) is 0 Å². The molecule has 44 heavy (non-hydrogen) atoms. The summed E-state index contributed by atoms with van der Waals surface area (Å²) < 4.78 is 78.8. The fourth-order valence-electron chi connectivity index (χ4n) is 4.86. The molecular weight excluding hydrogens is 600 g/mol.